The fourth-order valence-corrected chi connectivity index (χ4v) is 2.12. The van der Waals surface area contributed by atoms with E-state index in [2.05, 4.69) is 0 Å². The van der Waals surface area contributed by atoms with Crippen LogP contribution in [0.3, 0.4) is 0 Å². The van der Waals surface area contributed by atoms with Gasteiger partial charge >= 0.3 is 0 Å². The second-order valence-electron chi connectivity index (χ2n) is 4.59. The zero-order valence-corrected chi connectivity index (χ0v) is 11.8. The SMILES string of the molecule is COCc1ccc(C(O)c2ccc(C)c(Cl)c2)cc1. The molecule has 0 spiro atoms. The number of hydrogen-bond donors (Lipinski definition) is 1. The van der Waals surface area contributed by atoms with Crippen LogP contribution in [0.4, 0.5) is 0 Å². The lowest BCUT2D eigenvalue weighted by atomic mass is 9.99. The van der Waals surface area contributed by atoms with Gasteiger partial charge in [0, 0.05) is 12.1 Å². The minimum Gasteiger partial charge on any atom is -0.384 e. The monoisotopic (exact) mass is 276 g/mol. The summed E-state index contributed by atoms with van der Waals surface area (Å²) in [5.41, 5.74) is 3.74. The van der Waals surface area contributed by atoms with Gasteiger partial charge in [-0.1, -0.05) is 48.0 Å². The average Bonchev–Trinajstić information content (AvgIpc) is 2.42. The highest BCUT2D eigenvalue weighted by Crippen LogP contribution is 2.26. The first-order valence-electron chi connectivity index (χ1n) is 6.13. The summed E-state index contributed by atoms with van der Waals surface area (Å²) < 4.78 is 5.06. The summed E-state index contributed by atoms with van der Waals surface area (Å²) in [6, 6.07) is 13.4. The Kier molecular flexibility index (Phi) is 4.59. The molecular formula is C16H17ClO2. The highest BCUT2D eigenvalue weighted by Gasteiger charge is 2.11. The van der Waals surface area contributed by atoms with Crippen molar-refractivity contribution in [1.29, 1.82) is 0 Å². The van der Waals surface area contributed by atoms with Gasteiger partial charge in [-0.25, -0.2) is 0 Å². The molecule has 0 saturated heterocycles. The number of hydrogen-bond acceptors (Lipinski definition) is 2. The normalized spacial score (nSPS) is 12.4. The third-order valence-corrected chi connectivity index (χ3v) is 3.53. The maximum absolute atomic E-state index is 10.3. The van der Waals surface area contributed by atoms with Crippen molar-refractivity contribution in [1.82, 2.24) is 0 Å². The zero-order valence-electron chi connectivity index (χ0n) is 11.1. The standard InChI is InChI=1S/C16H17ClO2/c1-11-3-6-14(9-15(11)17)16(18)13-7-4-12(5-8-13)10-19-2/h3-9,16,18H,10H2,1-2H3. The fraction of sp³-hybridized carbons (Fsp3) is 0.250. The predicted molar refractivity (Wildman–Crippen MR) is 77.4 cm³/mol. The van der Waals surface area contributed by atoms with Gasteiger partial charge in [0.1, 0.15) is 6.10 Å². The third-order valence-electron chi connectivity index (χ3n) is 3.12. The largest absolute Gasteiger partial charge is 0.384 e. The Morgan fingerprint density at radius 1 is 1.11 bits per heavy atom. The molecule has 2 nitrogen and oxygen atoms in total. The van der Waals surface area contributed by atoms with Crippen LogP contribution in [0.5, 0.6) is 0 Å². The Morgan fingerprint density at radius 3 is 2.32 bits per heavy atom. The second kappa shape index (κ2) is 6.20. The van der Waals surface area contributed by atoms with Crippen molar-refractivity contribution in [3.8, 4) is 0 Å². The van der Waals surface area contributed by atoms with Crippen molar-refractivity contribution >= 4 is 11.6 Å². The highest BCUT2D eigenvalue weighted by molar-refractivity contribution is 6.31. The lowest BCUT2D eigenvalue weighted by Crippen LogP contribution is -2.00. The molecule has 0 amide bonds. The molecule has 0 saturated carbocycles. The maximum atomic E-state index is 10.3. The smallest absolute Gasteiger partial charge is 0.104 e. The van der Waals surface area contributed by atoms with E-state index in [0.717, 1.165) is 22.3 Å². The molecule has 0 bridgehead atoms. The molecule has 0 aliphatic heterocycles. The summed E-state index contributed by atoms with van der Waals surface area (Å²) >= 11 is 6.08. The molecule has 0 fully saturated rings. The van der Waals surface area contributed by atoms with E-state index in [-0.39, 0.29) is 0 Å². The van der Waals surface area contributed by atoms with Crippen molar-refractivity contribution in [2.75, 3.05) is 7.11 Å². The first-order chi connectivity index (χ1) is 9.11. The summed E-state index contributed by atoms with van der Waals surface area (Å²) in [5.74, 6) is 0. The van der Waals surface area contributed by atoms with Crippen LogP contribution < -0.4 is 0 Å². The lowest BCUT2D eigenvalue weighted by Gasteiger charge is -2.13. The number of rotatable bonds is 4. The van der Waals surface area contributed by atoms with E-state index in [1.807, 2.05) is 49.4 Å². The van der Waals surface area contributed by atoms with Crippen LogP contribution >= 0.6 is 11.6 Å². The number of methoxy groups -OCH3 is 1. The quantitative estimate of drug-likeness (QED) is 0.918. The molecule has 0 aliphatic carbocycles. The Balaban J connectivity index is 2.22. The molecule has 19 heavy (non-hydrogen) atoms. The number of aliphatic hydroxyl groups excluding tert-OH is 1. The first-order valence-corrected chi connectivity index (χ1v) is 6.51. The lowest BCUT2D eigenvalue weighted by molar-refractivity contribution is 0.184. The molecule has 3 heteroatoms. The molecule has 1 N–H and O–H groups in total. The van der Waals surface area contributed by atoms with Crippen LogP contribution in [-0.2, 0) is 11.3 Å². The van der Waals surface area contributed by atoms with Gasteiger partial charge < -0.3 is 9.84 Å². The summed E-state index contributed by atoms with van der Waals surface area (Å²) in [6.07, 6.45) is -0.658. The van der Waals surface area contributed by atoms with Crippen molar-refractivity contribution in [2.24, 2.45) is 0 Å². The number of benzene rings is 2. The first kappa shape index (κ1) is 14.1. The molecule has 0 heterocycles. The van der Waals surface area contributed by atoms with Gasteiger partial charge in [0.05, 0.1) is 6.61 Å². The summed E-state index contributed by atoms with van der Waals surface area (Å²) in [4.78, 5) is 0. The molecule has 2 aromatic rings. The van der Waals surface area contributed by atoms with Crippen molar-refractivity contribution in [3.63, 3.8) is 0 Å². The van der Waals surface area contributed by atoms with Crippen molar-refractivity contribution < 1.29 is 9.84 Å². The van der Waals surface area contributed by atoms with Crippen LogP contribution in [0.25, 0.3) is 0 Å². The van der Waals surface area contributed by atoms with E-state index in [0.29, 0.717) is 11.6 Å². The molecule has 100 valence electrons. The van der Waals surface area contributed by atoms with Gasteiger partial charge in [0.2, 0.25) is 0 Å². The Labute approximate surface area is 118 Å². The summed E-state index contributed by atoms with van der Waals surface area (Å²) in [7, 11) is 1.66. The third kappa shape index (κ3) is 3.35. The van der Waals surface area contributed by atoms with Crippen LogP contribution in [-0.4, -0.2) is 12.2 Å². The van der Waals surface area contributed by atoms with Gasteiger partial charge in [0.25, 0.3) is 0 Å². The zero-order chi connectivity index (χ0) is 13.8. The van der Waals surface area contributed by atoms with Crippen LogP contribution in [0.2, 0.25) is 5.02 Å². The van der Waals surface area contributed by atoms with Gasteiger partial charge in [-0.2, -0.15) is 0 Å². The number of halogens is 1. The Bertz CT molecular complexity index is 549. The summed E-state index contributed by atoms with van der Waals surface area (Å²) in [6.45, 7) is 2.52. The molecule has 0 aromatic heterocycles. The molecule has 2 rings (SSSR count). The van der Waals surface area contributed by atoms with Gasteiger partial charge in [-0.15, -0.1) is 0 Å². The fourth-order valence-electron chi connectivity index (χ4n) is 1.93. The molecular weight excluding hydrogens is 260 g/mol. The molecule has 1 atom stereocenters. The molecule has 2 aromatic carbocycles. The van der Waals surface area contributed by atoms with E-state index in [4.69, 9.17) is 16.3 Å². The minimum atomic E-state index is -0.658. The van der Waals surface area contributed by atoms with Gasteiger partial charge in [0.15, 0.2) is 0 Å². The maximum Gasteiger partial charge on any atom is 0.104 e. The number of aliphatic hydroxyl groups is 1. The van der Waals surface area contributed by atoms with Crippen molar-refractivity contribution in [2.45, 2.75) is 19.6 Å². The van der Waals surface area contributed by atoms with Crippen LogP contribution in [0.15, 0.2) is 42.5 Å². The molecule has 1 unspecified atom stereocenters. The van der Waals surface area contributed by atoms with Gasteiger partial charge in [-0.3, -0.25) is 0 Å². The number of ether oxygens (including phenoxy) is 1. The van der Waals surface area contributed by atoms with Crippen LogP contribution in [0, 0.1) is 6.92 Å². The molecule has 0 aliphatic rings. The Hall–Kier alpha value is -1.35. The highest BCUT2D eigenvalue weighted by atomic mass is 35.5. The van der Waals surface area contributed by atoms with E-state index >= 15 is 0 Å². The number of aryl methyl sites for hydroxylation is 1. The van der Waals surface area contributed by atoms with E-state index in [1.54, 1.807) is 7.11 Å². The van der Waals surface area contributed by atoms with Gasteiger partial charge in [-0.05, 0) is 35.2 Å². The molecule has 0 radical (unpaired) electrons. The van der Waals surface area contributed by atoms with E-state index < -0.39 is 6.10 Å². The van der Waals surface area contributed by atoms with Crippen LogP contribution in [0.1, 0.15) is 28.4 Å². The van der Waals surface area contributed by atoms with Crippen molar-refractivity contribution in [3.05, 3.63) is 69.7 Å². The average molecular weight is 277 g/mol. The minimum absolute atomic E-state index is 0.576. The topological polar surface area (TPSA) is 29.5 Å². The predicted octanol–water partition coefficient (Wildman–Crippen LogP) is 3.88. The Morgan fingerprint density at radius 2 is 1.74 bits per heavy atom. The van der Waals surface area contributed by atoms with E-state index in [9.17, 15) is 5.11 Å². The van der Waals surface area contributed by atoms with E-state index in [1.165, 1.54) is 0 Å². The second-order valence-corrected chi connectivity index (χ2v) is 4.99. The summed E-state index contributed by atoms with van der Waals surface area (Å²) in [5, 5.41) is 11.0.